The average molecular weight is 139 g/mol. The van der Waals surface area contributed by atoms with Gasteiger partial charge in [-0.15, -0.1) is 0 Å². The lowest BCUT2D eigenvalue weighted by atomic mass is 10.4. The quantitative estimate of drug-likeness (QED) is 0.582. The van der Waals surface area contributed by atoms with Crippen molar-refractivity contribution in [1.29, 1.82) is 0 Å². The molecule has 0 radical (unpaired) electrons. The van der Waals surface area contributed by atoms with Crippen LogP contribution < -0.4 is 5.32 Å². The highest BCUT2D eigenvalue weighted by Crippen LogP contribution is 2.22. The predicted molar refractivity (Wildman–Crippen MR) is 28.9 cm³/mol. The van der Waals surface area contributed by atoms with E-state index in [0.29, 0.717) is 0 Å². The molecule has 0 saturated carbocycles. The van der Waals surface area contributed by atoms with Gasteiger partial charge in [-0.3, -0.25) is 0 Å². The van der Waals surface area contributed by atoms with Gasteiger partial charge in [-0.2, -0.15) is 13.2 Å². The van der Waals surface area contributed by atoms with Gasteiger partial charge in [-0.05, 0) is 6.92 Å². The summed E-state index contributed by atoms with van der Waals surface area (Å²) in [5, 5.41) is 2.03. The molecule has 0 aliphatic heterocycles. The SMILES string of the molecule is C/C=C(\NC)C(F)(F)F. The standard InChI is InChI=1S/C5H8F3N/c1-3-4(9-2)5(6,7)8/h3,9H,1-2H3/b4-3-. The van der Waals surface area contributed by atoms with Crippen molar-refractivity contribution in [2.24, 2.45) is 0 Å². The van der Waals surface area contributed by atoms with E-state index >= 15 is 0 Å². The van der Waals surface area contributed by atoms with Crippen molar-refractivity contribution in [3.8, 4) is 0 Å². The summed E-state index contributed by atoms with van der Waals surface area (Å²) in [7, 11) is 1.24. The molecule has 54 valence electrons. The summed E-state index contributed by atoms with van der Waals surface area (Å²) in [6.07, 6.45) is -3.25. The lowest BCUT2D eigenvalue weighted by Gasteiger charge is -2.08. The molecule has 0 aliphatic carbocycles. The van der Waals surface area contributed by atoms with E-state index in [9.17, 15) is 13.2 Å². The van der Waals surface area contributed by atoms with Gasteiger partial charge in [0.25, 0.3) is 0 Å². The lowest BCUT2D eigenvalue weighted by molar-refractivity contribution is -0.0961. The van der Waals surface area contributed by atoms with E-state index in [1.165, 1.54) is 14.0 Å². The number of hydrogen-bond acceptors (Lipinski definition) is 1. The van der Waals surface area contributed by atoms with Crippen LogP contribution in [0, 0.1) is 0 Å². The third-order valence-electron chi connectivity index (χ3n) is 0.863. The molecule has 0 heterocycles. The number of allylic oxidation sites excluding steroid dienone is 2. The normalized spacial score (nSPS) is 13.7. The highest BCUT2D eigenvalue weighted by molar-refractivity contribution is 5.03. The Morgan fingerprint density at radius 1 is 1.44 bits per heavy atom. The fourth-order valence-electron chi connectivity index (χ4n) is 0.450. The first-order valence-corrected chi connectivity index (χ1v) is 2.43. The summed E-state index contributed by atoms with van der Waals surface area (Å²) < 4.78 is 34.8. The zero-order chi connectivity index (χ0) is 7.49. The number of rotatable bonds is 1. The lowest BCUT2D eigenvalue weighted by Crippen LogP contribution is -2.22. The van der Waals surface area contributed by atoms with Crippen LogP contribution in [-0.4, -0.2) is 13.2 Å². The molecule has 4 heteroatoms. The van der Waals surface area contributed by atoms with Crippen molar-refractivity contribution in [1.82, 2.24) is 5.32 Å². The third kappa shape index (κ3) is 2.39. The summed E-state index contributed by atoms with van der Waals surface area (Å²) in [6.45, 7) is 1.33. The highest BCUT2D eigenvalue weighted by Gasteiger charge is 2.31. The van der Waals surface area contributed by atoms with Crippen molar-refractivity contribution < 1.29 is 13.2 Å². The van der Waals surface area contributed by atoms with Crippen molar-refractivity contribution in [2.75, 3.05) is 7.05 Å². The zero-order valence-electron chi connectivity index (χ0n) is 5.21. The van der Waals surface area contributed by atoms with Gasteiger partial charge < -0.3 is 5.32 Å². The van der Waals surface area contributed by atoms with Gasteiger partial charge >= 0.3 is 6.18 Å². The number of halogens is 3. The molecule has 0 rings (SSSR count). The minimum absolute atomic E-state index is 0.706. The van der Waals surface area contributed by atoms with Gasteiger partial charge in [0.05, 0.1) is 0 Å². The van der Waals surface area contributed by atoms with Crippen molar-refractivity contribution >= 4 is 0 Å². The molecule has 1 nitrogen and oxygen atoms in total. The van der Waals surface area contributed by atoms with Gasteiger partial charge in [0.15, 0.2) is 0 Å². The van der Waals surface area contributed by atoms with E-state index in [1.807, 2.05) is 5.32 Å². The summed E-state index contributed by atoms with van der Waals surface area (Å²) in [5.74, 6) is 0. The van der Waals surface area contributed by atoms with Crippen LogP contribution in [0.25, 0.3) is 0 Å². The molecule has 0 fully saturated rings. The third-order valence-corrected chi connectivity index (χ3v) is 0.863. The summed E-state index contributed by atoms with van der Waals surface area (Å²) in [6, 6.07) is 0. The Morgan fingerprint density at radius 3 is 1.89 bits per heavy atom. The average Bonchev–Trinajstić information content (AvgIpc) is 1.65. The van der Waals surface area contributed by atoms with E-state index in [4.69, 9.17) is 0 Å². The van der Waals surface area contributed by atoms with E-state index < -0.39 is 11.9 Å². The molecule has 0 bridgehead atoms. The maximum Gasteiger partial charge on any atom is 0.430 e. The molecule has 1 N–H and O–H groups in total. The molecule has 0 atom stereocenters. The van der Waals surface area contributed by atoms with Gasteiger partial charge in [0, 0.05) is 7.05 Å². The first-order chi connectivity index (χ1) is 4.02. The van der Waals surface area contributed by atoms with E-state index in [0.717, 1.165) is 6.08 Å². The van der Waals surface area contributed by atoms with Gasteiger partial charge in [0.1, 0.15) is 5.70 Å². The minimum Gasteiger partial charge on any atom is -0.384 e. The molecule has 9 heavy (non-hydrogen) atoms. The van der Waals surface area contributed by atoms with Gasteiger partial charge in [-0.25, -0.2) is 0 Å². The molecule has 0 aromatic rings. The topological polar surface area (TPSA) is 12.0 Å². The summed E-state index contributed by atoms with van der Waals surface area (Å²) in [5.41, 5.74) is -0.706. The molecule has 0 amide bonds. The minimum atomic E-state index is -4.23. The number of hydrogen-bond donors (Lipinski definition) is 1. The largest absolute Gasteiger partial charge is 0.430 e. The number of nitrogens with one attached hydrogen (secondary N) is 1. The van der Waals surface area contributed by atoms with Crippen LogP contribution in [-0.2, 0) is 0 Å². The van der Waals surface area contributed by atoms with Crippen LogP contribution in [0.4, 0.5) is 13.2 Å². The van der Waals surface area contributed by atoms with Crippen LogP contribution in [0.15, 0.2) is 11.8 Å². The van der Waals surface area contributed by atoms with Crippen molar-refractivity contribution in [2.45, 2.75) is 13.1 Å². The first kappa shape index (κ1) is 8.33. The van der Waals surface area contributed by atoms with Gasteiger partial charge in [-0.1, -0.05) is 6.08 Å². The Balaban J connectivity index is 4.14. The van der Waals surface area contributed by atoms with Crippen molar-refractivity contribution in [3.63, 3.8) is 0 Å². The fraction of sp³-hybridized carbons (Fsp3) is 0.600. The second-order valence-electron chi connectivity index (χ2n) is 1.45. The Bertz CT molecular complexity index is 114. The van der Waals surface area contributed by atoms with E-state index in [2.05, 4.69) is 0 Å². The zero-order valence-corrected chi connectivity index (χ0v) is 5.21. The van der Waals surface area contributed by atoms with E-state index in [1.54, 1.807) is 0 Å². The van der Waals surface area contributed by atoms with Gasteiger partial charge in [0.2, 0.25) is 0 Å². The molecule has 0 aromatic heterocycles. The van der Waals surface area contributed by atoms with Crippen LogP contribution in [0.1, 0.15) is 6.92 Å². The number of alkyl halides is 3. The van der Waals surface area contributed by atoms with Crippen LogP contribution in [0.5, 0.6) is 0 Å². The Morgan fingerprint density at radius 2 is 1.89 bits per heavy atom. The molecule has 0 unspecified atom stereocenters. The molecular weight excluding hydrogens is 131 g/mol. The molecule has 0 aliphatic rings. The monoisotopic (exact) mass is 139 g/mol. The molecule has 0 saturated heterocycles. The second kappa shape index (κ2) is 2.75. The molecule has 0 aromatic carbocycles. The van der Waals surface area contributed by atoms with Crippen LogP contribution in [0.2, 0.25) is 0 Å². The van der Waals surface area contributed by atoms with Crippen LogP contribution in [0.3, 0.4) is 0 Å². The van der Waals surface area contributed by atoms with E-state index in [-0.39, 0.29) is 0 Å². The molecular formula is C5H8F3N. The summed E-state index contributed by atoms with van der Waals surface area (Å²) >= 11 is 0. The highest BCUT2D eigenvalue weighted by atomic mass is 19.4. The van der Waals surface area contributed by atoms with Crippen LogP contribution >= 0.6 is 0 Å². The Labute approximate surface area is 51.6 Å². The predicted octanol–water partition coefficient (Wildman–Crippen LogP) is 1.67. The fourth-order valence-corrected chi connectivity index (χ4v) is 0.450. The van der Waals surface area contributed by atoms with Crippen molar-refractivity contribution in [3.05, 3.63) is 11.8 Å². The summed E-state index contributed by atoms with van der Waals surface area (Å²) in [4.78, 5) is 0. The second-order valence-corrected chi connectivity index (χ2v) is 1.45. The smallest absolute Gasteiger partial charge is 0.384 e. The Hall–Kier alpha value is -0.670. The first-order valence-electron chi connectivity index (χ1n) is 2.43. The molecule has 0 spiro atoms. The maximum atomic E-state index is 11.6. The Kier molecular flexibility index (Phi) is 2.55. The maximum absolute atomic E-state index is 11.6.